The first-order chi connectivity index (χ1) is 13.6. The van der Waals surface area contributed by atoms with Crippen molar-refractivity contribution in [2.45, 2.75) is 47.5 Å². The highest BCUT2D eigenvalue weighted by molar-refractivity contribution is 8.04. The van der Waals surface area contributed by atoms with E-state index in [0.717, 1.165) is 17.1 Å². The lowest BCUT2D eigenvalue weighted by Gasteiger charge is -2.31. The summed E-state index contributed by atoms with van der Waals surface area (Å²) in [7, 11) is 1.90. The molecule has 1 aromatic carbocycles. The molecule has 0 N–H and O–H groups in total. The number of aromatic nitrogens is 1. The molecule has 1 amide bonds. The fourth-order valence-corrected chi connectivity index (χ4v) is 6.32. The van der Waals surface area contributed by atoms with Crippen LogP contribution in [0.15, 0.2) is 53.6 Å². The van der Waals surface area contributed by atoms with Crippen molar-refractivity contribution in [1.82, 2.24) is 9.88 Å². The van der Waals surface area contributed by atoms with Gasteiger partial charge in [0.25, 0.3) is 0 Å². The Kier molecular flexibility index (Phi) is 8.56. The van der Waals surface area contributed by atoms with Crippen LogP contribution < -0.4 is 0 Å². The molecule has 0 spiro atoms. The highest BCUT2D eigenvalue weighted by Crippen LogP contribution is 2.39. The van der Waals surface area contributed by atoms with E-state index in [0.29, 0.717) is 22.8 Å². The number of carbonyl (C=O) groups is 1. The van der Waals surface area contributed by atoms with E-state index in [2.05, 4.69) is 17.1 Å². The molecule has 1 heterocycles. The van der Waals surface area contributed by atoms with Crippen molar-refractivity contribution < 1.29 is 4.79 Å². The second-order valence-electron chi connectivity index (χ2n) is 7.13. The second kappa shape index (κ2) is 11.1. The summed E-state index contributed by atoms with van der Waals surface area (Å²) in [5.74, 6) is 0.767. The highest BCUT2D eigenvalue weighted by Gasteiger charge is 2.27. The molecule has 0 unspecified atom stereocenters. The number of likely N-dealkylation sites (N-methyl/N-ethyl adjacent to an activating group) is 1. The van der Waals surface area contributed by atoms with Gasteiger partial charge in [-0.3, -0.25) is 9.78 Å². The van der Waals surface area contributed by atoms with Gasteiger partial charge in [-0.15, -0.1) is 23.5 Å². The molecule has 0 aliphatic heterocycles. The molecule has 3 nitrogen and oxygen atoms in total. The zero-order valence-corrected chi connectivity index (χ0v) is 18.6. The van der Waals surface area contributed by atoms with Gasteiger partial charge in [-0.05, 0) is 49.2 Å². The molecule has 3 rings (SSSR count). The largest absolute Gasteiger partial charge is 0.345 e. The van der Waals surface area contributed by atoms with E-state index in [1.807, 2.05) is 65.8 Å². The first-order valence-electron chi connectivity index (χ1n) is 9.79. The summed E-state index contributed by atoms with van der Waals surface area (Å²) in [5.41, 5.74) is 1.03. The number of carbonyl (C=O) groups excluding carboxylic acids is 1. The third-order valence-corrected chi connectivity index (χ3v) is 8.26. The predicted octanol–water partition coefficient (Wildman–Crippen LogP) is 5.57. The Balaban J connectivity index is 1.46. The Morgan fingerprint density at radius 1 is 1.14 bits per heavy atom. The molecule has 1 aliphatic carbocycles. The lowest BCUT2D eigenvalue weighted by molar-refractivity contribution is -0.127. The maximum absolute atomic E-state index is 12.6. The molecule has 28 heavy (non-hydrogen) atoms. The van der Waals surface area contributed by atoms with Crippen LogP contribution in [0.5, 0.6) is 0 Å². The van der Waals surface area contributed by atoms with Crippen LogP contribution in [0.2, 0.25) is 5.02 Å². The summed E-state index contributed by atoms with van der Waals surface area (Å²) in [4.78, 5) is 20.0. The maximum atomic E-state index is 12.6. The molecule has 1 saturated carbocycles. The maximum Gasteiger partial charge on any atom is 0.232 e. The van der Waals surface area contributed by atoms with Crippen LogP contribution >= 0.6 is 35.1 Å². The molecule has 0 saturated heterocycles. The summed E-state index contributed by atoms with van der Waals surface area (Å²) in [5, 5.41) is 1.87. The third kappa shape index (κ3) is 6.71. The van der Waals surface area contributed by atoms with Crippen LogP contribution in [-0.4, -0.2) is 45.6 Å². The molecule has 0 bridgehead atoms. The normalized spacial score (nSPS) is 19.4. The van der Waals surface area contributed by atoms with Gasteiger partial charge in [0.05, 0.1) is 5.75 Å². The number of benzene rings is 1. The Hall–Kier alpha value is -1.17. The minimum atomic E-state index is 0.210. The van der Waals surface area contributed by atoms with Gasteiger partial charge in [0, 0.05) is 52.3 Å². The Bertz CT molecular complexity index is 742. The smallest absolute Gasteiger partial charge is 0.232 e. The number of pyridine rings is 1. The van der Waals surface area contributed by atoms with E-state index >= 15 is 0 Å². The van der Waals surface area contributed by atoms with Crippen molar-refractivity contribution in [1.29, 1.82) is 0 Å². The van der Waals surface area contributed by atoms with Crippen molar-refractivity contribution in [3.05, 3.63) is 59.4 Å². The zero-order chi connectivity index (χ0) is 19.8. The average molecular weight is 435 g/mol. The summed E-state index contributed by atoms with van der Waals surface area (Å²) in [6.07, 6.45) is 7.55. The van der Waals surface area contributed by atoms with E-state index in [9.17, 15) is 4.79 Å². The molecular formula is C22H27ClN2OS2. The van der Waals surface area contributed by atoms with E-state index in [4.69, 9.17) is 11.6 Å². The molecule has 2 atom stereocenters. The number of nitrogens with zero attached hydrogens (tertiary/aromatic N) is 2. The Labute approximate surface area is 181 Å². The third-order valence-electron chi connectivity index (χ3n) is 5.02. The number of amides is 1. The van der Waals surface area contributed by atoms with Crippen LogP contribution in [0, 0.1) is 0 Å². The van der Waals surface area contributed by atoms with E-state index in [1.54, 1.807) is 6.20 Å². The molecule has 6 heteroatoms. The molecule has 1 aromatic heterocycles. The number of halogens is 1. The number of hydrogen-bond acceptors (Lipinski definition) is 4. The van der Waals surface area contributed by atoms with E-state index in [1.165, 1.54) is 30.6 Å². The van der Waals surface area contributed by atoms with Gasteiger partial charge in [0.2, 0.25) is 5.91 Å². The molecule has 1 fully saturated rings. The van der Waals surface area contributed by atoms with Gasteiger partial charge in [0.15, 0.2) is 0 Å². The quantitative estimate of drug-likeness (QED) is 0.543. The standard InChI is InChI=1S/C22H27ClN2OS2/c1-25(15-13-18-6-4-5-14-24-18)22(26)16-27-20-7-2-3-8-21(20)28-19-11-9-17(23)10-12-19/h4-6,9-12,14,20-21H,2-3,7-8,13,15-16H2,1H3/t20-,21-/m1/s1. The van der Waals surface area contributed by atoms with Crippen molar-refractivity contribution in [2.24, 2.45) is 0 Å². The van der Waals surface area contributed by atoms with Crippen molar-refractivity contribution in [3.63, 3.8) is 0 Å². The van der Waals surface area contributed by atoms with Crippen LogP contribution in [-0.2, 0) is 11.2 Å². The van der Waals surface area contributed by atoms with Crippen LogP contribution in [0.4, 0.5) is 0 Å². The minimum absolute atomic E-state index is 0.210. The van der Waals surface area contributed by atoms with Crippen molar-refractivity contribution >= 4 is 41.0 Å². The number of thioether (sulfide) groups is 2. The highest BCUT2D eigenvalue weighted by atomic mass is 35.5. The van der Waals surface area contributed by atoms with Crippen molar-refractivity contribution in [2.75, 3.05) is 19.3 Å². The lowest BCUT2D eigenvalue weighted by atomic mass is 10.00. The number of rotatable bonds is 8. The Morgan fingerprint density at radius 2 is 1.89 bits per heavy atom. The van der Waals surface area contributed by atoms with Gasteiger partial charge >= 0.3 is 0 Å². The SMILES string of the molecule is CN(CCc1ccccn1)C(=O)CS[C@@H]1CCCC[C@H]1Sc1ccc(Cl)cc1. The van der Waals surface area contributed by atoms with Crippen molar-refractivity contribution in [3.8, 4) is 0 Å². The predicted molar refractivity (Wildman–Crippen MR) is 121 cm³/mol. The summed E-state index contributed by atoms with van der Waals surface area (Å²) >= 11 is 9.77. The minimum Gasteiger partial charge on any atom is -0.345 e. The zero-order valence-electron chi connectivity index (χ0n) is 16.2. The van der Waals surface area contributed by atoms with Gasteiger partial charge in [0.1, 0.15) is 0 Å². The first kappa shape index (κ1) is 21.5. The van der Waals surface area contributed by atoms with E-state index in [-0.39, 0.29) is 5.91 Å². The van der Waals surface area contributed by atoms with E-state index < -0.39 is 0 Å². The fourth-order valence-electron chi connectivity index (χ4n) is 3.32. The van der Waals surface area contributed by atoms with Gasteiger partial charge in [-0.2, -0.15) is 0 Å². The van der Waals surface area contributed by atoms with Gasteiger partial charge in [-0.1, -0.05) is 30.5 Å². The van der Waals surface area contributed by atoms with Gasteiger partial charge < -0.3 is 4.90 Å². The molecular weight excluding hydrogens is 408 g/mol. The van der Waals surface area contributed by atoms with Gasteiger partial charge in [-0.25, -0.2) is 0 Å². The summed E-state index contributed by atoms with van der Waals surface area (Å²) in [6, 6.07) is 14.0. The fraction of sp³-hybridized carbons (Fsp3) is 0.455. The van der Waals surface area contributed by atoms with Crippen LogP contribution in [0.1, 0.15) is 31.4 Å². The number of hydrogen-bond donors (Lipinski definition) is 0. The second-order valence-corrected chi connectivity index (χ2v) is 10.1. The Morgan fingerprint density at radius 3 is 2.61 bits per heavy atom. The van der Waals surface area contributed by atoms with Crippen LogP contribution in [0.3, 0.4) is 0 Å². The monoisotopic (exact) mass is 434 g/mol. The molecule has 150 valence electrons. The average Bonchev–Trinajstić information content (AvgIpc) is 2.73. The summed E-state index contributed by atoms with van der Waals surface area (Å²) < 4.78 is 0. The molecule has 0 radical (unpaired) electrons. The van der Waals surface area contributed by atoms with Crippen LogP contribution in [0.25, 0.3) is 0 Å². The topological polar surface area (TPSA) is 33.2 Å². The first-order valence-corrected chi connectivity index (χ1v) is 12.1. The molecule has 1 aliphatic rings. The molecule has 2 aromatic rings. The summed E-state index contributed by atoms with van der Waals surface area (Å²) in [6.45, 7) is 0.712. The lowest BCUT2D eigenvalue weighted by Crippen LogP contribution is -2.32.